The van der Waals surface area contributed by atoms with E-state index in [2.05, 4.69) is 85.7 Å². The van der Waals surface area contributed by atoms with Crippen molar-refractivity contribution in [3.63, 3.8) is 0 Å². The van der Waals surface area contributed by atoms with Crippen LogP contribution < -0.4 is 5.32 Å². The number of rotatable bonds is 3. The van der Waals surface area contributed by atoms with E-state index in [0.29, 0.717) is 0 Å². The fourth-order valence-corrected chi connectivity index (χ4v) is 3.92. The monoisotopic (exact) mass is 379 g/mol. The Morgan fingerprint density at radius 3 is 2.42 bits per heavy atom. The molecular formula is C16H15Br2N. The van der Waals surface area contributed by atoms with E-state index in [0.717, 1.165) is 24.0 Å². The third-order valence-corrected chi connectivity index (χ3v) is 4.99. The molecule has 0 saturated carbocycles. The zero-order chi connectivity index (χ0) is 13.3. The molecule has 1 aliphatic heterocycles. The van der Waals surface area contributed by atoms with E-state index in [-0.39, 0.29) is 5.41 Å². The number of hydrogen-bond acceptors (Lipinski definition) is 1. The van der Waals surface area contributed by atoms with Crippen molar-refractivity contribution in [1.82, 2.24) is 5.32 Å². The first-order valence-corrected chi connectivity index (χ1v) is 7.98. The molecule has 0 spiro atoms. The lowest BCUT2D eigenvalue weighted by molar-refractivity contribution is 0.273. The lowest BCUT2D eigenvalue weighted by Crippen LogP contribution is -2.58. The fraction of sp³-hybridized carbons (Fsp3) is 0.250. The summed E-state index contributed by atoms with van der Waals surface area (Å²) >= 11 is 7.25. The molecular weight excluding hydrogens is 366 g/mol. The Labute approximate surface area is 130 Å². The van der Waals surface area contributed by atoms with Crippen molar-refractivity contribution in [1.29, 1.82) is 0 Å². The normalized spacial score (nSPS) is 16.9. The topological polar surface area (TPSA) is 12.0 Å². The fourth-order valence-electron chi connectivity index (χ4n) is 2.77. The first-order chi connectivity index (χ1) is 9.20. The molecule has 19 heavy (non-hydrogen) atoms. The Morgan fingerprint density at radius 2 is 1.79 bits per heavy atom. The standard InChI is InChI=1S/C16H15Br2N/c17-13-5-3-4-12(8-13)9-16(10-19-11-16)14-6-1-2-7-15(14)18/h1-8,19H,9-11H2. The van der Waals surface area contributed by atoms with Gasteiger partial charge >= 0.3 is 0 Å². The summed E-state index contributed by atoms with van der Waals surface area (Å²) in [6, 6.07) is 17.2. The zero-order valence-corrected chi connectivity index (χ0v) is 13.7. The smallest absolute Gasteiger partial charge is 0.0254 e. The molecule has 0 aliphatic carbocycles. The van der Waals surface area contributed by atoms with Crippen molar-refractivity contribution < 1.29 is 0 Å². The van der Waals surface area contributed by atoms with E-state index in [1.807, 2.05) is 0 Å². The summed E-state index contributed by atoms with van der Waals surface area (Å²) in [6.45, 7) is 2.09. The van der Waals surface area contributed by atoms with Gasteiger partial charge in [0.2, 0.25) is 0 Å². The Kier molecular flexibility index (Phi) is 3.79. The molecule has 1 saturated heterocycles. The first kappa shape index (κ1) is 13.3. The predicted octanol–water partition coefficient (Wildman–Crippen LogP) is 4.30. The summed E-state index contributed by atoms with van der Waals surface area (Å²) in [5.41, 5.74) is 3.02. The molecule has 0 aromatic heterocycles. The second-order valence-corrected chi connectivity index (χ2v) is 6.94. The Hall–Kier alpha value is -0.640. The van der Waals surface area contributed by atoms with Crippen LogP contribution in [0.4, 0.5) is 0 Å². The van der Waals surface area contributed by atoms with Crippen LogP contribution in [0.1, 0.15) is 11.1 Å². The van der Waals surface area contributed by atoms with Crippen LogP contribution in [0.5, 0.6) is 0 Å². The molecule has 0 radical (unpaired) electrons. The van der Waals surface area contributed by atoms with Gasteiger partial charge in [-0.2, -0.15) is 0 Å². The quantitative estimate of drug-likeness (QED) is 0.837. The SMILES string of the molecule is Brc1cccc(CC2(c3ccccc3Br)CNC2)c1. The molecule has 1 N–H and O–H groups in total. The molecule has 3 heteroatoms. The summed E-state index contributed by atoms with van der Waals surface area (Å²) in [5, 5.41) is 3.43. The highest BCUT2D eigenvalue weighted by Crippen LogP contribution is 2.37. The van der Waals surface area contributed by atoms with Gasteiger partial charge in [-0.25, -0.2) is 0 Å². The van der Waals surface area contributed by atoms with Crippen molar-refractivity contribution in [2.45, 2.75) is 11.8 Å². The maximum Gasteiger partial charge on any atom is 0.0254 e. The van der Waals surface area contributed by atoms with Gasteiger partial charge in [-0.1, -0.05) is 62.2 Å². The lowest BCUT2D eigenvalue weighted by atomic mass is 9.71. The minimum Gasteiger partial charge on any atom is -0.315 e. The maximum atomic E-state index is 3.70. The molecule has 1 heterocycles. The predicted molar refractivity (Wildman–Crippen MR) is 86.5 cm³/mol. The summed E-state index contributed by atoms with van der Waals surface area (Å²) in [4.78, 5) is 0. The Bertz CT molecular complexity index is 591. The van der Waals surface area contributed by atoms with Gasteiger partial charge in [0.05, 0.1) is 0 Å². The molecule has 1 fully saturated rings. The Morgan fingerprint density at radius 1 is 1.00 bits per heavy atom. The van der Waals surface area contributed by atoms with Crippen LogP contribution in [0.3, 0.4) is 0 Å². The summed E-state index contributed by atoms with van der Waals surface area (Å²) in [6.07, 6.45) is 1.07. The molecule has 2 aromatic carbocycles. The van der Waals surface area contributed by atoms with Crippen molar-refractivity contribution in [3.05, 3.63) is 68.6 Å². The third-order valence-electron chi connectivity index (χ3n) is 3.80. The molecule has 1 aliphatic rings. The average molecular weight is 381 g/mol. The number of nitrogens with one attached hydrogen (secondary N) is 1. The highest BCUT2D eigenvalue weighted by Gasteiger charge is 2.39. The molecule has 0 atom stereocenters. The van der Waals surface area contributed by atoms with Crippen molar-refractivity contribution >= 4 is 31.9 Å². The van der Waals surface area contributed by atoms with Gasteiger partial charge in [0, 0.05) is 27.4 Å². The number of benzene rings is 2. The van der Waals surface area contributed by atoms with Gasteiger partial charge in [-0.15, -0.1) is 0 Å². The van der Waals surface area contributed by atoms with Gasteiger partial charge in [0.25, 0.3) is 0 Å². The number of hydrogen-bond donors (Lipinski definition) is 1. The second-order valence-electron chi connectivity index (χ2n) is 5.17. The summed E-state index contributed by atoms with van der Waals surface area (Å²) in [5.74, 6) is 0. The largest absolute Gasteiger partial charge is 0.315 e. The van der Waals surface area contributed by atoms with Crippen LogP contribution in [-0.2, 0) is 11.8 Å². The van der Waals surface area contributed by atoms with Crippen LogP contribution in [0.15, 0.2) is 57.5 Å². The van der Waals surface area contributed by atoms with Gasteiger partial charge in [0.15, 0.2) is 0 Å². The maximum absolute atomic E-state index is 3.70. The summed E-state index contributed by atoms with van der Waals surface area (Å²) < 4.78 is 2.37. The molecule has 1 nitrogen and oxygen atoms in total. The molecule has 0 bridgehead atoms. The molecule has 3 rings (SSSR count). The van der Waals surface area contributed by atoms with E-state index in [9.17, 15) is 0 Å². The van der Waals surface area contributed by atoms with E-state index in [4.69, 9.17) is 0 Å². The second kappa shape index (κ2) is 5.39. The van der Waals surface area contributed by atoms with E-state index < -0.39 is 0 Å². The van der Waals surface area contributed by atoms with E-state index in [1.54, 1.807) is 0 Å². The highest BCUT2D eigenvalue weighted by atomic mass is 79.9. The van der Waals surface area contributed by atoms with Crippen molar-refractivity contribution in [2.24, 2.45) is 0 Å². The molecule has 98 valence electrons. The van der Waals surface area contributed by atoms with Crippen LogP contribution in [0.25, 0.3) is 0 Å². The van der Waals surface area contributed by atoms with Gasteiger partial charge in [0.1, 0.15) is 0 Å². The zero-order valence-electron chi connectivity index (χ0n) is 10.5. The van der Waals surface area contributed by atoms with Gasteiger partial charge in [-0.05, 0) is 35.7 Å². The minimum absolute atomic E-state index is 0.223. The van der Waals surface area contributed by atoms with Crippen molar-refractivity contribution in [2.75, 3.05) is 13.1 Å². The molecule has 0 unspecified atom stereocenters. The van der Waals surface area contributed by atoms with Crippen LogP contribution >= 0.6 is 31.9 Å². The van der Waals surface area contributed by atoms with Crippen molar-refractivity contribution in [3.8, 4) is 0 Å². The van der Waals surface area contributed by atoms with Gasteiger partial charge < -0.3 is 5.32 Å². The first-order valence-electron chi connectivity index (χ1n) is 6.40. The van der Waals surface area contributed by atoms with Crippen LogP contribution in [0.2, 0.25) is 0 Å². The summed E-state index contributed by atoms with van der Waals surface area (Å²) in [7, 11) is 0. The molecule has 0 amide bonds. The number of halogens is 2. The Balaban J connectivity index is 1.94. The van der Waals surface area contributed by atoms with Crippen LogP contribution in [-0.4, -0.2) is 13.1 Å². The average Bonchev–Trinajstić information content (AvgIpc) is 2.35. The lowest BCUT2D eigenvalue weighted by Gasteiger charge is -2.44. The third kappa shape index (κ3) is 2.64. The van der Waals surface area contributed by atoms with Crippen LogP contribution in [0, 0.1) is 0 Å². The molecule has 2 aromatic rings. The van der Waals surface area contributed by atoms with Gasteiger partial charge in [-0.3, -0.25) is 0 Å². The minimum atomic E-state index is 0.223. The van der Waals surface area contributed by atoms with E-state index in [1.165, 1.54) is 15.6 Å². The highest BCUT2D eigenvalue weighted by molar-refractivity contribution is 9.10. The van der Waals surface area contributed by atoms with E-state index >= 15 is 0 Å².